The first-order valence-corrected chi connectivity index (χ1v) is 7.28. The molecule has 112 valence electrons. The zero-order chi connectivity index (χ0) is 14.6. The van der Waals surface area contributed by atoms with E-state index in [9.17, 15) is 0 Å². The molecule has 0 atom stereocenters. The number of rotatable bonds is 8. The fourth-order valence-corrected chi connectivity index (χ4v) is 1.71. The second-order valence-electron chi connectivity index (χ2n) is 5.15. The van der Waals surface area contributed by atoms with E-state index in [1.165, 1.54) is 5.56 Å². The van der Waals surface area contributed by atoms with Crippen LogP contribution in [0.25, 0.3) is 0 Å². The molecule has 0 spiro atoms. The van der Waals surface area contributed by atoms with Gasteiger partial charge in [0.05, 0.1) is 13.2 Å². The van der Waals surface area contributed by atoms with Crippen molar-refractivity contribution in [3.8, 4) is 0 Å². The van der Waals surface area contributed by atoms with Crippen molar-refractivity contribution in [3.05, 3.63) is 35.9 Å². The van der Waals surface area contributed by atoms with Gasteiger partial charge in [0.25, 0.3) is 0 Å². The van der Waals surface area contributed by atoms with Gasteiger partial charge in [-0.2, -0.15) is 0 Å². The standard InChI is InChI=1S/C16H27N3O/c1-14(2)9-10-18-16(17-3)19-11-12-20-13-15-7-5-4-6-8-15/h4-8,14H,9-13H2,1-3H3,(H2,17,18,19). The van der Waals surface area contributed by atoms with E-state index >= 15 is 0 Å². The van der Waals surface area contributed by atoms with Gasteiger partial charge >= 0.3 is 0 Å². The minimum absolute atomic E-state index is 0.655. The van der Waals surface area contributed by atoms with Gasteiger partial charge in [0.1, 0.15) is 0 Å². The Kier molecular flexibility index (Phi) is 8.47. The SMILES string of the molecule is CN=C(NCCOCc1ccccc1)NCCC(C)C. The predicted molar refractivity (Wildman–Crippen MR) is 84.9 cm³/mol. The second kappa shape index (κ2) is 10.3. The highest BCUT2D eigenvalue weighted by atomic mass is 16.5. The average molecular weight is 277 g/mol. The Morgan fingerprint density at radius 3 is 2.50 bits per heavy atom. The first kappa shape index (κ1) is 16.5. The lowest BCUT2D eigenvalue weighted by molar-refractivity contribution is 0.125. The number of hydrogen-bond donors (Lipinski definition) is 2. The molecule has 1 aromatic rings. The van der Waals surface area contributed by atoms with Crippen LogP contribution in [0.3, 0.4) is 0 Å². The third-order valence-corrected chi connectivity index (χ3v) is 2.89. The van der Waals surface area contributed by atoms with Gasteiger partial charge in [-0.25, -0.2) is 0 Å². The van der Waals surface area contributed by atoms with E-state index in [4.69, 9.17) is 4.74 Å². The van der Waals surface area contributed by atoms with Gasteiger partial charge in [0.2, 0.25) is 0 Å². The minimum Gasteiger partial charge on any atom is -0.375 e. The number of ether oxygens (including phenoxy) is 1. The molecule has 0 radical (unpaired) electrons. The zero-order valence-corrected chi connectivity index (χ0v) is 12.9. The fraction of sp³-hybridized carbons (Fsp3) is 0.562. The summed E-state index contributed by atoms with van der Waals surface area (Å²) < 4.78 is 5.61. The molecule has 1 rings (SSSR count). The van der Waals surface area contributed by atoms with Gasteiger partial charge in [-0.3, -0.25) is 4.99 Å². The molecular weight excluding hydrogens is 250 g/mol. The average Bonchev–Trinajstić information content (AvgIpc) is 2.46. The topological polar surface area (TPSA) is 45.7 Å². The molecule has 4 nitrogen and oxygen atoms in total. The van der Waals surface area contributed by atoms with E-state index < -0.39 is 0 Å². The Morgan fingerprint density at radius 2 is 1.85 bits per heavy atom. The molecule has 1 aromatic carbocycles. The van der Waals surface area contributed by atoms with Crippen LogP contribution >= 0.6 is 0 Å². The molecule has 20 heavy (non-hydrogen) atoms. The number of nitrogens with one attached hydrogen (secondary N) is 2. The Bertz CT molecular complexity index is 377. The van der Waals surface area contributed by atoms with Crippen LogP contribution in [0.4, 0.5) is 0 Å². The highest BCUT2D eigenvalue weighted by molar-refractivity contribution is 5.79. The quantitative estimate of drug-likeness (QED) is 0.436. The van der Waals surface area contributed by atoms with E-state index in [-0.39, 0.29) is 0 Å². The van der Waals surface area contributed by atoms with Crippen LogP contribution in [-0.2, 0) is 11.3 Å². The van der Waals surface area contributed by atoms with Crippen molar-refractivity contribution in [2.75, 3.05) is 26.7 Å². The van der Waals surface area contributed by atoms with E-state index in [0.29, 0.717) is 19.1 Å². The van der Waals surface area contributed by atoms with Crippen molar-refractivity contribution in [3.63, 3.8) is 0 Å². The normalized spacial score (nSPS) is 11.7. The van der Waals surface area contributed by atoms with E-state index in [1.54, 1.807) is 7.05 Å². The van der Waals surface area contributed by atoms with Crippen molar-refractivity contribution >= 4 is 5.96 Å². The largest absolute Gasteiger partial charge is 0.375 e. The molecule has 0 bridgehead atoms. The van der Waals surface area contributed by atoms with Crippen LogP contribution in [0.5, 0.6) is 0 Å². The molecule has 0 aliphatic rings. The molecule has 0 fully saturated rings. The molecule has 0 heterocycles. The molecule has 2 N–H and O–H groups in total. The first-order chi connectivity index (χ1) is 9.72. The molecule has 0 amide bonds. The van der Waals surface area contributed by atoms with Crippen LogP contribution in [-0.4, -0.2) is 32.7 Å². The number of benzene rings is 1. The van der Waals surface area contributed by atoms with Crippen molar-refractivity contribution in [2.24, 2.45) is 10.9 Å². The van der Waals surface area contributed by atoms with Crippen LogP contribution in [0.1, 0.15) is 25.8 Å². The Hall–Kier alpha value is -1.55. The van der Waals surface area contributed by atoms with Crippen LogP contribution < -0.4 is 10.6 Å². The summed E-state index contributed by atoms with van der Waals surface area (Å²) in [7, 11) is 1.79. The Balaban J connectivity index is 2.07. The predicted octanol–water partition coefficient (Wildman–Crippen LogP) is 2.41. The summed E-state index contributed by atoms with van der Waals surface area (Å²) in [6.07, 6.45) is 1.14. The van der Waals surface area contributed by atoms with Crippen LogP contribution in [0.15, 0.2) is 35.3 Å². The lowest BCUT2D eigenvalue weighted by Gasteiger charge is -2.13. The summed E-state index contributed by atoms with van der Waals surface area (Å²) in [5.74, 6) is 1.55. The van der Waals surface area contributed by atoms with Crippen LogP contribution in [0.2, 0.25) is 0 Å². The summed E-state index contributed by atoms with van der Waals surface area (Å²) >= 11 is 0. The summed E-state index contributed by atoms with van der Waals surface area (Å²) in [4.78, 5) is 4.18. The van der Waals surface area contributed by atoms with Gasteiger partial charge in [0.15, 0.2) is 5.96 Å². The van der Waals surface area contributed by atoms with E-state index in [0.717, 1.165) is 25.5 Å². The van der Waals surface area contributed by atoms with Crippen molar-refractivity contribution in [2.45, 2.75) is 26.9 Å². The third-order valence-electron chi connectivity index (χ3n) is 2.89. The van der Waals surface area contributed by atoms with Crippen LogP contribution in [0, 0.1) is 5.92 Å². The summed E-state index contributed by atoms with van der Waals surface area (Å²) in [5, 5.41) is 6.54. The number of nitrogens with zero attached hydrogens (tertiary/aromatic N) is 1. The number of aliphatic imine (C=N–C) groups is 1. The first-order valence-electron chi connectivity index (χ1n) is 7.28. The summed E-state index contributed by atoms with van der Waals surface area (Å²) in [6.45, 7) is 7.46. The van der Waals surface area contributed by atoms with Gasteiger partial charge in [-0.05, 0) is 17.9 Å². The van der Waals surface area contributed by atoms with Gasteiger partial charge in [0, 0.05) is 20.1 Å². The van der Waals surface area contributed by atoms with Gasteiger partial charge in [-0.1, -0.05) is 44.2 Å². The maximum absolute atomic E-state index is 5.61. The monoisotopic (exact) mass is 277 g/mol. The fourth-order valence-electron chi connectivity index (χ4n) is 1.71. The highest BCUT2D eigenvalue weighted by Crippen LogP contribution is 1.99. The maximum atomic E-state index is 5.61. The maximum Gasteiger partial charge on any atom is 0.191 e. The number of hydrogen-bond acceptors (Lipinski definition) is 2. The van der Waals surface area contributed by atoms with E-state index in [2.05, 4.69) is 41.6 Å². The van der Waals surface area contributed by atoms with E-state index in [1.807, 2.05) is 18.2 Å². The molecule has 0 aliphatic carbocycles. The lowest BCUT2D eigenvalue weighted by Crippen LogP contribution is -2.39. The van der Waals surface area contributed by atoms with Gasteiger partial charge < -0.3 is 15.4 Å². The Morgan fingerprint density at radius 1 is 1.15 bits per heavy atom. The molecule has 0 aliphatic heterocycles. The molecule has 0 unspecified atom stereocenters. The zero-order valence-electron chi connectivity index (χ0n) is 12.9. The van der Waals surface area contributed by atoms with Crippen molar-refractivity contribution < 1.29 is 4.74 Å². The number of guanidine groups is 1. The highest BCUT2D eigenvalue weighted by Gasteiger charge is 1.98. The lowest BCUT2D eigenvalue weighted by atomic mass is 10.1. The molecule has 0 saturated carbocycles. The third kappa shape index (κ3) is 7.79. The summed E-state index contributed by atoms with van der Waals surface area (Å²) in [6, 6.07) is 10.2. The molecule has 0 saturated heterocycles. The van der Waals surface area contributed by atoms with Crippen molar-refractivity contribution in [1.29, 1.82) is 0 Å². The second-order valence-corrected chi connectivity index (χ2v) is 5.15. The molecule has 4 heteroatoms. The Labute approximate surface area is 122 Å². The molecule has 0 aromatic heterocycles. The smallest absolute Gasteiger partial charge is 0.191 e. The molecular formula is C16H27N3O. The van der Waals surface area contributed by atoms with Gasteiger partial charge in [-0.15, -0.1) is 0 Å². The minimum atomic E-state index is 0.655. The van der Waals surface area contributed by atoms with Crippen molar-refractivity contribution in [1.82, 2.24) is 10.6 Å². The summed E-state index contributed by atoms with van der Waals surface area (Å²) in [5.41, 5.74) is 1.20.